The Kier molecular flexibility index (Phi) is 4.49. The van der Waals surface area contributed by atoms with Crippen molar-refractivity contribution >= 4 is 27.7 Å². The fourth-order valence-corrected chi connectivity index (χ4v) is 4.51. The second kappa shape index (κ2) is 6.33. The van der Waals surface area contributed by atoms with Crippen LogP contribution in [0.3, 0.4) is 0 Å². The molecule has 0 amide bonds. The minimum Gasteiger partial charge on any atom is -0.301 e. The van der Waals surface area contributed by atoms with Crippen LogP contribution in [0.2, 0.25) is 0 Å². The Morgan fingerprint density at radius 1 is 1.15 bits per heavy atom. The van der Waals surface area contributed by atoms with Crippen molar-refractivity contribution in [1.29, 1.82) is 0 Å². The second-order valence-electron chi connectivity index (χ2n) is 5.34. The van der Waals surface area contributed by atoms with Gasteiger partial charge in [0.1, 0.15) is 0 Å². The van der Waals surface area contributed by atoms with Crippen LogP contribution >= 0.6 is 27.7 Å². The fourth-order valence-electron chi connectivity index (χ4n) is 2.69. The third-order valence-corrected chi connectivity index (χ3v) is 5.70. The van der Waals surface area contributed by atoms with Crippen LogP contribution in [0.15, 0.2) is 57.9 Å². The minimum atomic E-state index is 0.680. The summed E-state index contributed by atoms with van der Waals surface area (Å²) in [6, 6.07) is 17.3. The monoisotopic (exact) mass is 347 g/mol. The summed E-state index contributed by atoms with van der Waals surface area (Å²) in [5, 5.41) is 0.680. The third kappa shape index (κ3) is 3.27. The van der Waals surface area contributed by atoms with E-state index in [9.17, 15) is 0 Å². The van der Waals surface area contributed by atoms with Gasteiger partial charge in [-0.1, -0.05) is 52.3 Å². The number of fused-ring (bicyclic) bond motifs is 1. The van der Waals surface area contributed by atoms with Gasteiger partial charge in [0.25, 0.3) is 0 Å². The van der Waals surface area contributed by atoms with Gasteiger partial charge in [-0.2, -0.15) is 0 Å². The summed E-state index contributed by atoms with van der Waals surface area (Å²) in [5.41, 5.74) is 2.87. The van der Waals surface area contributed by atoms with E-state index >= 15 is 0 Å². The molecule has 1 atom stereocenters. The molecule has 0 saturated heterocycles. The number of rotatable bonds is 4. The van der Waals surface area contributed by atoms with Crippen LogP contribution in [0.25, 0.3) is 0 Å². The van der Waals surface area contributed by atoms with Gasteiger partial charge >= 0.3 is 0 Å². The predicted molar refractivity (Wildman–Crippen MR) is 90.3 cm³/mol. The van der Waals surface area contributed by atoms with Gasteiger partial charge in [-0.05, 0) is 36.7 Å². The molecule has 1 nitrogen and oxygen atoms in total. The predicted octanol–water partition coefficient (Wildman–Crippen LogP) is 4.60. The molecule has 1 unspecified atom stereocenters. The van der Waals surface area contributed by atoms with Crippen molar-refractivity contribution in [2.24, 2.45) is 0 Å². The van der Waals surface area contributed by atoms with Crippen molar-refractivity contribution in [3.05, 3.63) is 64.1 Å². The minimum absolute atomic E-state index is 0.680. The quantitative estimate of drug-likeness (QED) is 0.795. The Balaban J connectivity index is 1.59. The van der Waals surface area contributed by atoms with Crippen molar-refractivity contribution in [2.75, 3.05) is 13.6 Å². The van der Waals surface area contributed by atoms with E-state index in [4.69, 9.17) is 0 Å². The van der Waals surface area contributed by atoms with Crippen LogP contribution in [0.1, 0.15) is 11.1 Å². The average Bonchev–Trinajstić information content (AvgIpc) is 2.83. The molecule has 0 fully saturated rings. The first-order valence-electron chi connectivity index (χ1n) is 6.89. The Morgan fingerprint density at radius 2 is 1.90 bits per heavy atom. The first-order valence-corrected chi connectivity index (χ1v) is 8.56. The number of nitrogens with zero attached hydrogens (tertiary/aromatic N) is 1. The lowest BCUT2D eigenvalue weighted by molar-refractivity contribution is 0.327. The topological polar surface area (TPSA) is 3.24 Å². The molecule has 1 aliphatic heterocycles. The molecule has 1 aliphatic rings. The summed E-state index contributed by atoms with van der Waals surface area (Å²) in [6.07, 6.45) is 1.20. The molecule has 3 rings (SSSR count). The van der Waals surface area contributed by atoms with Crippen LogP contribution < -0.4 is 0 Å². The Bertz CT molecular complexity index is 574. The zero-order valence-corrected chi connectivity index (χ0v) is 14.0. The maximum atomic E-state index is 3.63. The molecule has 1 heterocycles. The maximum Gasteiger partial charge on any atom is 0.0263 e. The lowest BCUT2D eigenvalue weighted by Crippen LogP contribution is -2.26. The molecule has 0 N–H and O–H groups in total. The highest BCUT2D eigenvalue weighted by Crippen LogP contribution is 2.37. The molecule has 0 bridgehead atoms. The lowest BCUT2D eigenvalue weighted by atomic mass is 10.1. The number of halogens is 1. The van der Waals surface area contributed by atoms with Crippen LogP contribution in [-0.2, 0) is 13.0 Å². The van der Waals surface area contributed by atoms with Crippen LogP contribution in [-0.4, -0.2) is 23.7 Å². The second-order valence-corrected chi connectivity index (χ2v) is 7.54. The van der Waals surface area contributed by atoms with E-state index < -0.39 is 0 Å². The molecule has 20 heavy (non-hydrogen) atoms. The molecule has 2 aromatic rings. The standard InChI is InChI=1S/C17H18BrNS/c1-19(11-14-7-2-4-8-16(14)18)12-15-10-13-6-3-5-9-17(13)20-15/h2-9,15H,10-12H2,1H3. The van der Waals surface area contributed by atoms with Crippen molar-refractivity contribution in [2.45, 2.75) is 23.1 Å². The van der Waals surface area contributed by atoms with Gasteiger partial charge in [0, 0.05) is 27.7 Å². The molecule has 0 aromatic heterocycles. The highest BCUT2D eigenvalue weighted by Gasteiger charge is 2.22. The zero-order chi connectivity index (χ0) is 13.9. The average molecular weight is 348 g/mol. The zero-order valence-electron chi connectivity index (χ0n) is 11.6. The largest absolute Gasteiger partial charge is 0.301 e. The number of benzene rings is 2. The Morgan fingerprint density at radius 3 is 2.70 bits per heavy atom. The molecule has 0 radical (unpaired) electrons. The molecule has 0 aliphatic carbocycles. The Labute approximate surface area is 133 Å². The van der Waals surface area contributed by atoms with E-state index in [1.54, 1.807) is 0 Å². The van der Waals surface area contributed by atoms with Crippen LogP contribution in [0, 0.1) is 0 Å². The number of hydrogen-bond donors (Lipinski definition) is 0. The van der Waals surface area contributed by atoms with E-state index in [1.807, 2.05) is 11.8 Å². The van der Waals surface area contributed by atoms with Crippen molar-refractivity contribution in [3.8, 4) is 0 Å². The molecule has 0 saturated carbocycles. The van der Waals surface area contributed by atoms with Crippen LogP contribution in [0.4, 0.5) is 0 Å². The van der Waals surface area contributed by atoms with E-state index in [2.05, 4.69) is 76.4 Å². The molecule has 3 heteroatoms. The van der Waals surface area contributed by atoms with Gasteiger partial charge in [-0.3, -0.25) is 0 Å². The van der Waals surface area contributed by atoms with Gasteiger partial charge in [0.05, 0.1) is 0 Å². The summed E-state index contributed by atoms with van der Waals surface area (Å²) < 4.78 is 1.20. The van der Waals surface area contributed by atoms with Crippen LogP contribution in [0.5, 0.6) is 0 Å². The molecule has 104 valence electrons. The highest BCUT2D eigenvalue weighted by molar-refractivity contribution is 9.10. The normalized spacial score (nSPS) is 17.4. The first kappa shape index (κ1) is 14.2. The molecular formula is C17H18BrNS. The Hall–Kier alpha value is -0.770. The highest BCUT2D eigenvalue weighted by atomic mass is 79.9. The molecule has 0 spiro atoms. The van der Waals surface area contributed by atoms with Gasteiger partial charge in [-0.25, -0.2) is 0 Å². The molecule has 2 aromatic carbocycles. The van der Waals surface area contributed by atoms with Gasteiger partial charge in [0.15, 0.2) is 0 Å². The third-order valence-electron chi connectivity index (χ3n) is 3.63. The molecular weight excluding hydrogens is 330 g/mol. The summed E-state index contributed by atoms with van der Waals surface area (Å²) >= 11 is 5.65. The van der Waals surface area contributed by atoms with Crippen molar-refractivity contribution in [1.82, 2.24) is 4.90 Å². The van der Waals surface area contributed by atoms with Crippen molar-refractivity contribution in [3.63, 3.8) is 0 Å². The van der Waals surface area contributed by atoms with Crippen molar-refractivity contribution < 1.29 is 0 Å². The number of thioether (sulfide) groups is 1. The van der Waals surface area contributed by atoms with Gasteiger partial charge in [-0.15, -0.1) is 11.8 Å². The van der Waals surface area contributed by atoms with E-state index in [0.717, 1.165) is 13.1 Å². The van der Waals surface area contributed by atoms with Gasteiger partial charge in [0.2, 0.25) is 0 Å². The fraction of sp³-hybridized carbons (Fsp3) is 0.294. The lowest BCUT2D eigenvalue weighted by Gasteiger charge is -2.21. The maximum absolute atomic E-state index is 3.63. The van der Waals surface area contributed by atoms with Gasteiger partial charge < -0.3 is 4.90 Å². The summed E-state index contributed by atoms with van der Waals surface area (Å²) in [7, 11) is 2.21. The smallest absolute Gasteiger partial charge is 0.0263 e. The van der Waals surface area contributed by atoms with E-state index in [0.29, 0.717) is 5.25 Å². The SMILES string of the molecule is CN(Cc1ccccc1Br)CC1Cc2ccccc2S1. The summed E-state index contributed by atoms with van der Waals surface area (Å²) in [5.74, 6) is 0. The first-order chi connectivity index (χ1) is 9.72. The summed E-state index contributed by atoms with van der Waals surface area (Å²) in [4.78, 5) is 3.88. The summed E-state index contributed by atoms with van der Waals surface area (Å²) in [6.45, 7) is 2.12. The number of hydrogen-bond acceptors (Lipinski definition) is 2. The van der Waals surface area contributed by atoms with E-state index in [-0.39, 0.29) is 0 Å². The van der Waals surface area contributed by atoms with E-state index in [1.165, 1.54) is 26.9 Å².